The van der Waals surface area contributed by atoms with Crippen LogP contribution in [0.3, 0.4) is 0 Å². The molecule has 118 valence electrons. The quantitative estimate of drug-likeness (QED) is 0.821. The maximum atomic E-state index is 11.6. The van der Waals surface area contributed by atoms with Crippen molar-refractivity contribution < 1.29 is 17.9 Å². The number of hydrogen-bond acceptors (Lipinski definition) is 7. The van der Waals surface area contributed by atoms with Gasteiger partial charge in [-0.05, 0) is 25.8 Å². The second-order valence-electron chi connectivity index (χ2n) is 5.15. The van der Waals surface area contributed by atoms with Crippen molar-refractivity contribution >= 4 is 9.84 Å². The summed E-state index contributed by atoms with van der Waals surface area (Å²) in [5.74, 6) is 1.45. The summed E-state index contributed by atoms with van der Waals surface area (Å²) in [4.78, 5) is 8.56. The fourth-order valence-corrected chi connectivity index (χ4v) is 4.49. The summed E-state index contributed by atoms with van der Waals surface area (Å²) in [5, 5.41) is 3.17. The van der Waals surface area contributed by atoms with Crippen molar-refractivity contribution in [2.45, 2.75) is 18.9 Å². The van der Waals surface area contributed by atoms with Gasteiger partial charge in [0.2, 0.25) is 11.8 Å². The van der Waals surface area contributed by atoms with Gasteiger partial charge in [-0.1, -0.05) is 0 Å². The molecule has 2 atom stereocenters. The Bertz CT molecular complexity index is 591. The van der Waals surface area contributed by atoms with Gasteiger partial charge in [0.25, 0.3) is 0 Å². The lowest BCUT2D eigenvalue weighted by Crippen LogP contribution is -2.22. The van der Waals surface area contributed by atoms with E-state index in [9.17, 15) is 8.42 Å². The highest BCUT2D eigenvalue weighted by molar-refractivity contribution is 7.91. The molecule has 8 heteroatoms. The summed E-state index contributed by atoms with van der Waals surface area (Å²) in [5.41, 5.74) is 0.671. The molecule has 0 radical (unpaired) electrons. The Balaban J connectivity index is 2.17. The predicted molar refractivity (Wildman–Crippen MR) is 78.3 cm³/mol. The SMILES string of the molecule is CNC(CC1CCS(=O)(=O)C1)c1ncc(OC)nc1OC. The Hall–Kier alpha value is -1.41. The largest absolute Gasteiger partial charge is 0.480 e. The van der Waals surface area contributed by atoms with Crippen LogP contribution in [0, 0.1) is 5.92 Å². The zero-order valence-electron chi connectivity index (χ0n) is 12.5. The molecule has 1 N–H and O–H groups in total. The predicted octanol–water partition coefficient (Wildman–Crippen LogP) is 0.579. The molecule has 1 fully saturated rings. The summed E-state index contributed by atoms with van der Waals surface area (Å²) in [6.45, 7) is 0. The van der Waals surface area contributed by atoms with E-state index in [2.05, 4.69) is 15.3 Å². The monoisotopic (exact) mass is 315 g/mol. The molecule has 1 aromatic rings. The highest BCUT2D eigenvalue weighted by Gasteiger charge is 2.31. The van der Waals surface area contributed by atoms with Crippen molar-refractivity contribution in [3.63, 3.8) is 0 Å². The van der Waals surface area contributed by atoms with Crippen LogP contribution < -0.4 is 14.8 Å². The number of sulfone groups is 1. The molecule has 0 saturated carbocycles. The molecular formula is C13H21N3O4S. The van der Waals surface area contributed by atoms with Crippen LogP contribution in [-0.4, -0.2) is 51.2 Å². The first kappa shape index (κ1) is 16.0. The zero-order chi connectivity index (χ0) is 15.5. The number of rotatable bonds is 6. The molecule has 0 bridgehead atoms. The van der Waals surface area contributed by atoms with E-state index in [1.165, 1.54) is 20.4 Å². The molecule has 1 aliphatic heterocycles. The van der Waals surface area contributed by atoms with Gasteiger partial charge in [0.15, 0.2) is 9.84 Å². The van der Waals surface area contributed by atoms with Crippen LogP contribution in [0.1, 0.15) is 24.6 Å². The molecule has 2 unspecified atom stereocenters. The number of nitrogens with one attached hydrogen (secondary N) is 1. The first-order valence-corrected chi connectivity index (χ1v) is 8.63. The van der Waals surface area contributed by atoms with E-state index in [1.807, 2.05) is 7.05 Å². The number of aromatic nitrogens is 2. The third-order valence-corrected chi connectivity index (χ3v) is 5.56. The minimum absolute atomic E-state index is 0.100. The number of methoxy groups -OCH3 is 2. The van der Waals surface area contributed by atoms with Crippen molar-refractivity contribution in [2.75, 3.05) is 32.8 Å². The third kappa shape index (κ3) is 3.82. The summed E-state index contributed by atoms with van der Waals surface area (Å²) in [6, 6.07) is -0.100. The van der Waals surface area contributed by atoms with Crippen LogP contribution in [0.2, 0.25) is 0 Å². The highest BCUT2D eigenvalue weighted by Crippen LogP contribution is 2.31. The fraction of sp³-hybridized carbons (Fsp3) is 0.692. The molecule has 1 aromatic heterocycles. The van der Waals surface area contributed by atoms with Gasteiger partial charge in [0.1, 0.15) is 5.69 Å². The molecule has 0 aromatic carbocycles. The minimum atomic E-state index is -2.87. The normalized spacial score (nSPS) is 22.0. The third-order valence-electron chi connectivity index (χ3n) is 3.72. The molecule has 0 spiro atoms. The molecule has 0 amide bonds. The Labute approximate surface area is 125 Å². The summed E-state index contributed by atoms with van der Waals surface area (Å²) in [7, 11) is 1.99. The maximum absolute atomic E-state index is 11.6. The number of hydrogen-bond donors (Lipinski definition) is 1. The fourth-order valence-electron chi connectivity index (χ4n) is 2.61. The molecular weight excluding hydrogens is 294 g/mol. The Kier molecular flexibility index (Phi) is 5.00. The molecule has 1 saturated heterocycles. The van der Waals surface area contributed by atoms with Crippen molar-refractivity contribution in [1.82, 2.24) is 15.3 Å². The van der Waals surface area contributed by atoms with Crippen LogP contribution in [0.25, 0.3) is 0 Å². The second-order valence-corrected chi connectivity index (χ2v) is 7.38. The Morgan fingerprint density at radius 3 is 2.71 bits per heavy atom. The van der Waals surface area contributed by atoms with E-state index < -0.39 is 9.84 Å². The van der Waals surface area contributed by atoms with Gasteiger partial charge in [-0.2, -0.15) is 4.98 Å². The maximum Gasteiger partial charge on any atom is 0.240 e. The lowest BCUT2D eigenvalue weighted by molar-refractivity contribution is 0.342. The van der Waals surface area contributed by atoms with Gasteiger partial charge in [0, 0.05) is 0 Å². The average molecular weight is 315 g/mol. The summed E-state index contributed by atoms with van der Waals surface area (Å²) >= 11 is 0. The van der Waals surface area contributed by atoms with Gasteiger partial charge >= 0.3 is 0 Å². The summed E-state index contributed by atoms with van der Waals surface area (Å²) < 4.78 is 33.4. The summed E-state index contributed by atoms with van der Waals surface area (Å²) in [6.07, 6.45) is 2.92. The second kappa shape index (κ2) is 6.57. The molecule has 2 rings (SSSR count). The van der Waals surface area contributed by atoms with Crippen molar-refractivity contribution in [2.24, 2.45) is 5.92 Å². The zero-order valence-corrected chi connectivity index (χ0v) is 13.3. The molecule has 1 aliphatic rings. The smallest absolute Gasteiger partial charge is 0.240 e. The highest BCUT2D eigenvalue weighted by atomic mass is 32.2. The van der Waals surface area contributed by atoms with Crippen LogP contribution >= 0.6 is 0 Å². The van der Waals surface area contributed by atoms with Crippen LogP contribution in [-0.2, 0) is 9.84 Å². The van der Waals surface area contributed by atoms with E-state index in [-0.39, 0.29) is 23.5 Å². The van der Waals surface area contributed by atoms with Crippen molar-refractivity contribution in [3.05, 3.63) is 11.9 Å². The first-order chi connectivity index (χ1) is 9.99. The van der Waals surface area contributed by atoms with Gasteiger partial charge in [-0.3, -0.25) is 0 Å². The van der Waals surface area contributed by atoms with Crippen LogP contribution in [0.4, 0.5) is 0 Å². The molecule has 2 heterocycles. The van der Waals surface area contributed by atoms with Gasteiger partial charge in [-0.25, -0.2) is 13.4 Å². The average Bonchev–Trinajstić information content (AvgIpc) is 2.83. The minimum Gasteiger partial charge on any atom is -0.480 e. The number of nitrogens with zero attached hydrogens (tertiary/aromatic N) is 2. The van der Waals surface area contributed by atoms with Crippen LogP contribution in [0.5, 0.6) is 11.8 Å². The van der Waals surface area contributed by atoms with E-state index in [0.29, 0.717) is 30.3 Å². The standard InChI is InChI=1S/C13H21N3O4S/c1-14-10(6-9-4-5-21(17,18)8-9)12-13(20-3)16-11(19-2)7-15-12/h7,9-10,14H,4-6,8H2,1-3H3. The van der Waals surface area contributed by atoms with Gasteiger partial charge < -0.3 is 14.8 Å². The van der Waals surface area contributed by atoms with Gasteiger partial charge in [-0.15, -0.1) is 0 Å². The number of ether oxygens (including phenoxy) is 2. The Morgan fingerprint density at radius 1 is 1.43 bits per heavy atom. The Morgan fingerprint density at radius 2 is 2.19 bits per heavy atom. The molecule has 7 nitrogen and oxygen atoms in total. The van der Waals surface area contributed by atoms with E-state index in [1.54, 1.807) is 0 Å². The molecule has 21 heavy (non-hydrogen) atoms. The van der Waals surface area contributed by atoms with Crippen LogP contribution in [0.15, 0.2) is 6.20 Å². The van der Waals surface area contributed by atoms with E-state index >= 15 is 0 Å². The van der Waals surface area contributed by atoms with Crippen molar-refractivity contribution in [1.29, 1.82) is 0 Å². The van der Waals surface area contributed by atoms with Gasteiger partial charge in [0.05, 0.1) is 38.0 Å². The lowest BCUT2D eigenvalue weighted by atomic mass is 9.97. The van der Waals surface area contributed by atoms with E-state index in [4.69, 9.17) is 9.47 Å². The molecule has 0 aliphatic carbocycles. The van der Waals surface area contributed by atoms with E-state index in [0.717, 1.165) is 0 Å². The lowest BCUT2D eigenvalue weighted by Gasteiger charge is -2.20. The van der Waals surface area contributed by atoms with Crippen molar-refractivity contribution in [3.8, 4) is 11.8 Å². The topological polar surface area (TPSA) is 90.4 Å². The first-order valence-electron chi connectivity index (χ1n) is 6.81.